The highest BCUT2D eigenvalue weighted by Gasteiger charge is 2.55. The van der Waals surface area contributed by atoms with Gasteiger partial charge < -0.3 is 0 Å². The highest BCUT2D eigenvalue weighted by Crippen LogP contribution is 2.45. The van der Waals surface area contributed by atoms with Crippen molar-refractivity contribution in [3.05, 3.63) is 76.3 Å². The number of carbonyl (C=O) groups is 2. The predicted octanol–water partition coefficient (Wildman–Crippen LogP) is 3.18. The average molecular weight is 552 g/mol. The molecule has 0 bridgehead atoms. The van der Waals surface area contributed by atoms with Crippen LogP contribution in [0.3, 0.4) is 0 Å². The molecule has 34 heavy (non-hydrogen) atoms. The Balaban J connectivity index is 2.98. The molecule has 2 aromatic rings. The van der Waals surface area contributed by atoms with Crippen molar-refractivity contribution in [2.45, 2.75) is 25.0 Å². The Bertz CT molecular complexity index is 1120. The van der Waals surface area contributed by atoms with E-state index in [1.165, 1.54) is 6.08 Å². The fourth-order valence-electron chi connectivity index (χ4n) is 4.20. The number of nitrogens with one attached hydrogen (secondary N) is 2. The zero-order valence-corrected chi connectivity index (χ0v) is 21.6. The molecule has 0 aliphatic rings. The van der Waals surface area contributed by atoms with E-state index in [1.807, 2.05) is 19.9 Å². The summed E-state index contributed by atoms with van der Waals surface area (Å²) in [5, 5.41) is 9.66. The molecule has 0 heterocycles. The van der Waals surface area contributed by atoms with Crippen LogP contribution in [0, 0.1) is 17.8 Å². The van der Waals surface area contributed by atoms with Crippen LogP contribution in [0.2, 0.25) is 0 Å². The van der Waals surface area contributed by atoms with Gasteiger partial charge in [0.15, 0.2) is 9.84 Å². The van der Waals surface area contributed by atoms with Gasteiger partial charge in [0.2, 0.25) is 11.8 Å². The molecule has 2 rings (SSSR count). The highest BCUT2D eigenvalue weighted by molar-refractivity contribution is 9.10. The molecule has 10 heteroatoms. The third kappa shape index (κ3) is 6.12. The van der Waals surface area contributed by atoms with Gasteiger partial charge in [0, 0.05) is 10.7 Å². The smallest absolute Gasteiger partial charge is 0.249 e. The van der Waals surface area contributed by atoms with Crippen molar-refractivity contribution in [1.29, 1.82) is 0 Å². The lowest BCUT2D eigenvalue weighted by Gasteiger charge is -2.40. The first kappa shape index (κ1) is 27.7. The third-order valence-corrected chi connectivity index (χ3v) is 8.07. The Hall–Kier alpha value is -2.53. The van der Waals surface area contributed by atoms with Crippen molar-refractivity contribution in [1.82, 2.24) is 10.9 Å². The first-order valence-corrected chi connectivity index (χ1v) is 13.3. The molecule has 0 aliphatic carbocycles. The number of hydroxylamine groups is 1. The van der Waals surface area contributed by atoms with Gasteiger partial charge in [0.1, 0.15) is 4.75 Å². The number of rotatable bonds is 10. The minimum atomic E-state index is -4.13. The van der Waals surface area contributed by atoms with Crippen molar-refractivity contribution < 1.29 is 23.2 Å². The molecular formula is C24H30BrN3O5S. The summed E-state index contributed by atoms with van der Waals surface area (Å²) >= 11 is 3.35. The van der Waals surface area contributed by atoms with E-state index in [0.29, 0.717) is 10.0 Å². The van der Waals surface area contributed by atoms with Gasteiger partial charge in [0.05, 0.1) is 11.8 Å². The van der Waals surface area contributed by atoms with Gasteiger partial charge in [-0.25, -0.2) is 19.7 Å². The van der Waals surface area contributed by atoms with Crippen LogP contribution < -0.4 is 16.7 Å². The quantitative estimate of drug-likeness (QED) is 0.155. The number of hydrogen-bond acceptors (Lipinski definition) is 6. The molecule has 1 unspecified atom stereocenters. The van der Waals surface area contributed by atoms with Crippen LogP contribution in [0.15, 0.2) is 65.1 Å². The molecule has 0 saturated heterocycles. The Morgan fingerprint density at radius 2 is 1.68 bits per heavy atom. The van der Waals surface area contributed by atoms with Crippen LogP contribution in [0.5, 0.6) is 0 Å². The van der Waals surface area contributed by atoms with Crippen LogP contribution in [0.4, 0.5) is 0 Å². The molecular weight excluding hydrogens is 522 g/mol. The van der Waals surface area contributed by atoms with E-state index < -0.39 is 38.2 Å². The van der Waals surface area contributed by atoms with Crippen LogP contribution in [-0.4, -0.2) is 31.7 Å². The Morgan fingerprint density at radius 1 is 1.09 bits per heavy atom. The number of halogens is 1. The van der Waals surface area contributed by atoms with Gasteiger partial charge in [-0.05, 0) is 35.6 Å². The molecule has 2 amide bonds. The molecule has 2 aromatic carbocycles. The maximum absolute atomic E-state index is 13.6. The number of hydrazine groups is 1. The summed E-state index contributed by atoms with van der Waals surface area (Å²) < 4.78 is 26.0. The first-order chi connectivity index (χ1) is 16.0. The number of carbonyl (C=O) groups excluding carboxylic acids is 2. The molecule has 5 N–H and O–H groups in total. The summed E-state index contributed by atoms with van der Waals surface area (Å²) in [5.74, 6) is 0.916. The number of hydrogen-bond donors (Lipinski definition) is 4. The van der Waals surface area contributed by atoms with Crippen molar-refractivity contribution in [2.24, 2.45) is 23.6 Å². The standard InChI is InChI=1S/C24H30BrN3O5S/c1-16(2)15-20(22(29)27-26)21(23(30)28-31)24(34(3,32)33,18-9-11-19(25)12-10-18)14-13-17-7-5-4-6-8-17/h4-14,16,20-21,31H,15,26H2,1-3H3,(H,27,29)(H,28,30)/b14-13+/t20-,21+,24?/m1/s1. The van der Waals surface area contributed by atoms with Crippen molar-refractivity contribution in [3.63, 3.8) is 0 Å². The molecule has 8 nitrogen and oxygen atoms in total. The maximum atomic E-state index is 13.6. The second kappa shape index (κ2) is 11.7. The van der Waals surface area contributed by atoms with E-state index in [-0.39, 0.29) is 17.9 Å². The van der Waals surface area contributed by atoms with Crippen LogP contribution >= 0.6 is 15.9 Å². The molecule has 184 valence electrons. The van der Waals surface area contributed by atoms with Crippen LogP contribution in [0.25, 0.3) is 6.08 Å². The number of nitrogens with two attached hydrogens (primary N) is 1. The zero-order valence-electron chi connectivity index (χ0n) is 19.2. The zero-order chi connectivity index (χ0) is 25.5. The van der Waals surface area contributed by atoms with Gasteiger partial charge in [-0.3, -0.25) is 20.2 Å². The third-order valence-electron chi connectivity index (χ3n) is 5.69. The molecule has 0 radical (unpaired) electrons. The summed E-state index contributed by atoms with van der Waals surface area (Å²) in [5.41, 5.74) is 4.60. The number of sulfone groups is 1. The van der Waals surface area contributed by atoms with E-state index >= 15 is 0 Å². The lowest BCUT2D eigenvalue weighted by molar-refractivity contribution is -0.142. The normalized spacial score (nSPS) is 15.5. The van der Waals surface area contributed by atoms with E-state index in [1.54, 1.807) is 60.1 Å². The fourth-order valence-corrected chi connectivity index (χ4v) is 6.07. The van der Waals surface area contributed by atoms with Crippen molar-refractivity contribution in [3.8, 4) is 0 Å². The first-order valence-electron chi connectivity index (χ1n) is 10.6. The summed E-state index contributed by atoms with van der Waals surface area (Å²) in [6.45, 7) is 3.68. The molecule has 0 aromatic heterocycles. The van der Waals surface area contributed by atoms with Gasteiger partial charge in [0.25, 0.3) is 0 Å². The SMILES string of the molecule is CC(C)C[C@@H](C(=O)NN)[C@@H](C(=O)NO)C(/C=C/c1ccccc1)(c1ccc(Br)cc1)S(C)(=O)=O. The summed E-state index contributed by atoms with van der Waals surface area (Å²) in [7, 11) is -4.13. The van der Waals surface area contributed by atoms with Gasteiger partial charge in [-0.2, -0.15) is 0 Å². The summed E-state index contributed by atoms with van der Waals surface area (Å²) in [6, 6.07) is 15.4. The Labute approximate surface area is 208 Å². The van der Waals surface area contributed by atoms with Crippen molar-refractivity contribution in [2.75, 3.05) is 6.26 Å². The van der Waals surface area contributed by atoms with E-state index in [0.717, 1.165) is 6.26 Å². The fraction of sp³-hybridized carbons (Fsp3) is 0.333. The van der Waals surface area contributed by atoms with Gasteiger partial charge in [-0.15, -0.1) is 0 Å². The average Bonchev–Trinajstić information content (AvgIpc) is 2.80. The Kier molecular flexibility index (Phi) is 9.57. The lowest BCUT2D eigenvalue weighted by Crippen LogP contribution is -2.55. The highest BCUT2D eigenvalue weighted by atomic mass is 79.9. The maximum Gasteiger partial charge on any atom is 0.249 e. The molecule has 0 spiro atoms. The minimum Gasteiger partial charge on any atom is -0.294 e. The Morgan fingerprint density at radius 3 is 2.15 bits per heavy atom. The molecule has 0 aliphatic heterocycles. The monoisotopic (exact) mass is 551 g/mol. The minimum absolute atomic E-state index is 0.0865. The van der Waals surface area contributed by atoms with Crippen LogP contribution in [-0.2, 0) is 24.2 Å². The molecule has 0 saturated carbocycles. The van der Waals surface area contributed by atoms with Gasteiger partial charge in [-0.1, -0.05) is 84.4 Å². The topological polar surface area (TPSA) is 139 Å². The number of amides is 2. The number of benzene rings is 2. The predicted molar refractivity (Wildman–Crippen MR) is 135 cm³/mol. The molecule has 3 atom stereocenters. The van der Waals surface area contributed by atoms with E-state index in [9.17, 15) is 23.2 Å². The van der Waals surface area contributed by atoms with Gasteiger partial charge >= 0.3 is 0 Å². The summed E-state index contributed by atoms with van der Waals surface area (Å²) in [6.07, 6.45) is 4.16. The lowest BCUT2D eigenvalue weighted by atomic mass is 9.73. The van der Waals surface area contributed by atoms with E-state index in [2.05, 4.69) is 21.4 Å². The largest absolute Gasteiger partial charge is 0.294 e. The molecule has 0 fully saturated rings. The second-order valence-electron chi connectivity index (χ2n) is 8.51. The summed E-state index contributed by atoms with van der Waals surface area (Å²) in [4.78, 5) is 26.1. The van der Waals surface area contributed by atoms with Crippen molar-refractivity contribution >= 4 is 43.7 Å². The second-order valence-corrected chi connectivity index (χ2v) is 11.7. The van der Waals surface area contributed by atoms with Crippen LogP contribution in [0.1, 0.15) is 31.4 Å². The van der Waals surface area contributed by atoms with E-state index in [4.69, 9.17) is 5.84 Å².